The molecule has 3 fully saturated rings. The summed E-state index contributed by atoms with van der Waals surface area (Å²) in [6, 6.07) is 7.03. The van der Waals surface area contributed by atoms with Crippen LogP contribution >= 0.6 is 0 Å². The number of hydrogen-bond donors (Lipinski definition) is 4. The third kappa shape index (κ3) is 7.86. The first kappa shape index (κ1) is 30.5. The number of rotatable bonds is 11. The zero-order valence-electron chi connectivity index (χ0n) is 24.5. The van der Waals surface area contributed by atoms with Crippen LogP contribution in [-0.2, 0) is 25.6 Å². The Morgan fingerprint density at radius 1 is 0.976 bits per heavy atom. The Morgan fingerprint density at radius 2 is 1.63 bits per heavy atom. The van der Waals surface area contributed by atoms with Crippen molar-refractivity contribution >= 4 is 29.5 Å². The van der Waals surface area contributed by atoms with E-state index in [1.54, 1.807) is 0 Å². The topological polar surface area (TPSA) is 151 Å². The van der Waals surface area contributed by atoms with Crippen molar-refractivity contribution in [3.8, 4) is 0 Å². The SMILES string of the molecule is CC(C)(C)C(NC(=O)NC1(Cc2ccccc2)CCCC1)C(=O)N1CCC[C@H]1C(=O)NC(CC1CC1)C(=O)C(N)=O. The van der Waals surface area contributed by atoms with Gasteiger partial charge in [-0.1, -0.05) is 76.8 Å². The average molecular weight is 568 g/mol. The molecule has 2 aliphatic carbocycles. The van der Waals surface area contributed by atoms with Crippen molar-refractivity contribution in [3.63, 3.8) is 0 Å². The van der Waals surface area contributed by atoms with Gasteiger partial charge in [0, 0.05) is 12.1 Å². The van der Waals surface area contributed by atoms with Gasteiger partial charge in [0.1, 0.15) is 12.1 Å². The highest BCUT2D eigenvalue weighted by Crippen LogP contribution is 2.35. The first-order valence-corrected chi connectivity index (χ1v) is 15.0. The summed E-state index contributed by atoms with van der Waals surface area (Å²) in [7, 11) is 0. The number of nitrogens with two attached hydrogens (primary N) is 1. The van der Waals surface area contributed by atoms with E-state index in [0.29, 0.717) is 25.8 Å². The van der Waals surface area contributed by atoms with Crippen LogP contribution in [0.1, 0.15) is 84.1 Å². The summed E-state index contributed by atoms with van der Waals surface area (Å²) >= 11 is 0. The van der Waals surface area contributed by atoms with Crippen LogP contribution in [0.4, 0.5) is 4.79 Å². The number of nitrogens with one attached hydrogen (secondary N) is 3. The van der Waals surface area contributed by atoms with Gasteiger partial charge in [-0.3, -0.25) is 19.2 Å². The molecule has 5 N–H and O–H groups in total. The lowest BCUT2D eigenvalue weighted by molar-refractivity contribution is -0.143. The first-order chi connectivity index (χ1) is 19.4. The molecule has 10 heteroatoms. The minimum atomic E-state index is -1.08. The number of primary amides is 1. The number of carbonyl (C=O) groups excluding carboxylic acids is 5. The second-order valence-electron chi connectivity index (χ2n) is 13.2. The average Bonchev–Trinajstić information content (AvgIpc) is 3.39. The summed E-state index contributed by atoms with van der Waals surface area (Å²) < 4.78 is 0. The zero-order valence-corrected chi connectivity index (χ0v) is 24.5. The van der Waals surface area contributed by atoms with Crippen LogP contribution in [0.5, 0.6) is 0 Å². The fraction of sp³-hybridized carbons (Fsp3) is 0.645. The lowest BCUT2D eigenvalue weighted by Crippen LogP contribution is -2.62. The molecule has 3 aliphatic rings. The number of Topliss-reactive ketones (excluding diaryl/α,β-unsaturated/α-hetero) is 1. The fourth-order valence-electron chi connectivity index (χ4n) is 6.27. The maximum Gasteiger partial charge on any atom is 0.315 e. The van der Waals surface area contributed by atoms with Crippen LogP contribution in [0.3, 0.4) is 0 Å². The van der Waals surface area contributed by atoms with Gasteiger partial charge in [-0.25, -0.2) is 4.79 Å². The molecule has 0 spiro atoms. The van der Waals surface area contributed by atoms with Crippen LogP contribution in [0.2, 0.25) is 0 Å². The molecular formula is C31H45N5O5. The van der Waals surface area contributed by atoms with E-state index in [2.05, 4.69) is 28.1 Å². The molecule has 1 aliphatic heterocycles. The lowest BCUT2D eigenvalue weighted by atomic mass is 9.85. The molecule has 224 valence electrons. The Morgan fingerprint density at radius 3 is 2.22 bits per heavy atom. The Hall–Kier alpha value is -3.43. The maximum atomic E-state index is 13.9. The number of benzene rings is 1. The number of urea groups is 1. The number of hydrogen-bond acceptors (Lipinski definition) is 5. The largest absolute Gasteiger partial charge is 0.363 e. The summed E-state index contributed by atoms with van der Waals surface area (Å²) in [6.45, 7) is 6.01. The van der Waals surface area contributed by atoms with Gasteiger partial charge in [0.25, 0.3) is 5.91 Å². The predicted molar refractivity (Wildman–Crippen MR) is 154 cm³/mol. The quantitative estimate of drug-likeness (QED) is 0.303. The summed E-state index contributed by atoms with van der Waals surface area (Å²) in [5.74, 6) is -2.42. The molecule has 0 bridgehead atoms. The van der Waals surface area contributed by atoms with Crippen molar-refractivity contribution in [1.82, 2.24) is 20.9 Å². The van der Waals surface area contributed by atoms with Crippen LogP contribution in [0.15, 0.2) is 30.3 Å². The predicted octanol–water partition coefficient (Wildman–Crippen LogP) is 2.59. The number of likely N-dealkylation sites (tertiary alicyclic amines) is 1. The van der Waals surface area contributed by atoms with E-state index in [4.69, 9.17) is 5.73 Å². The van der Waals surface area contributed by atoms with Gasteiger partial charge in [0.2, 0.25) is 17.6 Å². The van der Waals surface area contributed by atoms with Crippen molar-refractivity contribution in [2.45, 2.75) is 109 Å². The first-order valence-electron chi connectivity index (χ1n) is 15.0. The molecule has 41 heavy (non-hydrogen) atoms. The van der Waals surface area contributed by atoms with Gasteiger partial charge in [0.15, 0.2) is 0 Å². The maximum absolute atomic E-state index is 13.9. The second-order valence-corrected chi connectivity index (χ2v) is 13.2. The summed E-state index contributed by atoms with van der Waals surface area (Å²) in [5, 5.41) is 8.87. The van der Waals surface area contributed by atoms with E-state index < -0.39 is 47.2 Å². The van der Waals surface area contributed by atoms with Crippen molar-refractivity contribution in [1.29, 1.82) is 0 Å². The molecule has 4 rings (SSSR count). The minimum absolute atomic E-state index is 0.281. The van der Waals surface area contributed by atoms with Gasteiger partial charge in [0.05, 0.1) is 6.04 Å². The van der Waals surface area contributed by atoms with Crippen LogP contribution in [0, 0.1) is 11.3 Å². The van der Waals surface area contributed by atoms with Gasteiger partial charge in [-0.05, 0) is 55.4 Å². The molecule has 2 saturated carbocycles. The highest BCUT2D eigenvalue weighted by molar-refractivity contribution is 6.37. The molecule has 2 unspecified atom stereocenters. The zero-order chi connectivity index (χ0) is 29.8. The number of nitrogens with zero attached hydrogens (tertiary/aromatic N) is 1. The molecule has 1 heterocycles. The molecular weight excluding hydrogens is 522 g/mol. The molecule has 5 amide bonds. The van der Waals surface area contributed by atoms with E-state index in [9.17, 15) is 24.0 Å². The van der Waals surface area contributed by atoms with Crippen molar-refractivity contribution in [2.24, 2.45) is 17.1 Å². The Kier molecular flexibility index (Phi) is 9.39. The number of amides is 5. The van der Waals surface area contributed by atoms with Crippen LogP contribution < -0.4 is 21.7 Å². The molecule has 1 aromatic carbocycles. The van der Waals surface area contributed by atoms with E-state index in [1.807, 2.05) is 39.0 Å². The van der Waals surface area contributed by atoms with Gasteiger partial charge in [-0.2, -0.15) is 0 Å². The Balaban J connectivity index is 1.44. The third-order valence-electron chi connectivity index (χ3n) is 8.69. The fourth-order valence-corrected chi connectivity index (χ4v) is 6.27. The second kappa shape index (κ2) is 12.6. The van der Waals surface area contributed by atoms with Gasteiger partial charge >= 0.3 is 6.03 Å². The highest BCUT2D eigenvalue weighted by Gasteiger charge is 2.44. The van der Waals surface area contributed by atoms with E-state index in [-0.39, 0.29) is 17.4 Å². The summed E-state index contributed by atoms with van der Waals surface area (Å²) in [6.07, 6.45) is 7.80. The van der Waals surface area contributed by atoms with Crippen LogP contribution in [0.25, 0.3) is 0 Å². The number of ketones is 1. The van der Waals surface area contributed by atoms with Crippen molar-refractivity contribution < 1.29 is 24.0 Å². The Labute approximate surface area is 242 Å². The highest BCUT2D eigenvalue weighted by atomic mass is 16.2. The van der Waals surface area contributed by atoms with Crippen LogP contribution in [-0.4, -0.2) is 64.6 Å². The molecule has 0 radical (unpaired) electrons. The third-order valence-corrected chi connectivity index (χ3v) is 8.69. The molecule has 3 atom stereocenters. The van der Waals surface area contributed by atoms with Gasteiger partial charge < -0.3 is 26.6 Å². The molecule has 1 aromatic rings. The summed E-state index contributed by atoms with van der Waals surface area (Å²) in [4.78, 5) is 66.2. The summed E-state index contributed by atoms with van der Waals surface area (Å²) in [5.41, 5.74) is 5.38. The molecule has 10 nitrogen and oxygen atoms in total. The van der Waals surface area contributed by atoms with Gasteiger partial charge in [-0.15, -0.1) is 0 Å². The smallest absolute Gasteiger partial charge is 0.315 e. The number of carbonyl (C=O) groups is 5. The molecule has 0 aromatic heterocycles. The van der Waals surface area contributed by atoms with E-state index in [1.165, 1.54) is 4.90 Å². The van der Waals surface area contributed by atoms with Crippen molar-refractivity contribution in [3.05, 3.63) is 35.9 Å². The molecule has 1 saturated heterocycles. The Bertz CT molecular complexity index is 1140. The van der Waals surface area contributed by atoms with Crippen molar-refractivity contribution in [2.75, 3.05) is 6.54 Å². The van der Waals surface area contributed by atoms with E-state index in [0.717, 1.165) is 50.5 Å². The lowest BCUT2D eigenvalue weighted by Gasteiger charge is -2.37. The normalized spacial score (nSPS) is 21.5. The monoisotopic (exact) mass is 567 g/mol. The van der Waals surface area contributed by atoms with E-state index >= 15 is 0 Å². The standard InChI is InChI=1S/C31H45N5O5/c1-30(2,3)25(34-29(41)35-31(15-7-8-16-31)19-21-10-5-4-6-11-21)28(40)36-17-9-12-23(36)27(39)33-22(18-20-13-14-20)24(37)26(32)38/h4-6,10-11,20,22-23,25H,7-9,12-19H2,1-3H3,(H2,32,38)(H,33,39)(H2,34,35,41)/t22?,23-,25?/m0/s1. The minimum Gasteiger partial charge on any atom is -0.363 e.